The van der Waals surface area contributed by atoms with Gasteiger partial charge in [-0.2, -0.15) is 5.10 Å². The zero-order valence-electron chi connectivity index (χ0n) is 14.2. The third-order valence-electron chi connectivity index (χ3n) is 5.04. The van der Waals surface area contributed by atoms with Crippen molar-refractivity contribution in [1.82, 2.24) is 20.1 Å². The van der Waals surface area contributed by atoms with Crippen LogP contribution in [0, 0.1) is 0 Å². The van der Waals surface area contributed by atoms with Gasteiger partial charge in [-0.15, -0.1) is 0 Å². The smallest absolute Gasteiger partial charge is 0.274 e. The van der Waals surface area contributed by atoms with Gasteiger partial charge in [0.15, 0.2) is 5.69 Å². The number of anilines is 1. The van der Waals surface area contributed by atoms with Crippen molar-refractivity contribution >= 4 is 11.7 Å². The van der Waals surface area contributed by atoms with Crippen LogP contribution in [0.1, 0.15) is 40.2 Å². The van der Waals surface area contributed by atoms with Gasteiger partial charge in [0.1, 0.15) is 5.82 Å². The average Bonchev–Trinajstić information content (AvgIpc) is 3.23. The van der Waals surface area contributed by atoms with Crippen LogP contribution < -0.4 is 5.73 Å². The van der Waals surface area contributed by atoms with Crippen molar-refractivity contribution in [2.45, 2.75) is 38.2 Å². The van der Waals surface area contributed by atoms with Crippen molar-refractivity contribution in [3.8, 4) is 0 Å². The quantitative estimate of drug-likeness (QED) is 0.875. The molecule has 0 unspecified atom stereocenters. The zero-order valence-corrected chi connectivity index (χ0v) is 14.2. The Bertz CT molecular complexity index is 773. The Labute approximate surface area is 146 Å². The van der Waals surface area contributed by atoms with Crippen LogP contribution in [0.25, 0.3) is 0 Å². The van der Waals surface area contributed by atoms with Crippen LogP contribution >= 0.6 is 0 Å². The highest BCUT2D eigenvalue weighted by Gasteiger charge is 2.30. The number of hydrogen-bond donors (Lipinski definition) is 2. The number of carbonyl (C=O) groups is 1. The van der Waals surface area contributed by atoms with Gasteiger partial charge in [-0.05, 0) is 49.8 Å². The van der Waals surface area contributed by atoms with Crippen LogP contribution in [-0.4, -0.2) is 51.8 Å². The summed E-state index contributed by atoms with van der Waals surface area (Å²) in [7, 11) is 0. The molecule has 1 aliphatic heterocycles. The van der Waals surface area contributed by atoms with Crippen LogP contribution in [0.4, 0.5) is 5.82 Å². The van der Waals surface area contributed by atoms with Gasteiger partial charge in [0.05, 0.1) is 12.7 Å². The Morgan fingerprint density at radius 3 is 3.24 bits per heavy atom. The maximum atomic E-state index is 12.8. The molecule has 0 spiro atoms. The number of aromatic nitrogens is 3. The molecule has 2 aromatic heterocycles. The first-order valence-corrected chi connectivity index (χ1v) is 8.88. The largest absolute Gasteiger partial charge is 0.384 e. The standard InChI is InChI=1S/C18H23N5O2/c19-16-10-12(6-7-20-16)4-5-13-11-23(8-9-25-13)18(24)17-14-2-1-3-15(14)21-22-17/h6-7,10,13H,1-5,8-9,11H2,(H2,19,20)(H,21,22)/t13-/m1/s1. The van der Waals surface area contributed by atoms with Crippen molar-refractivity contribution in [2.24, 2.45) is 0 Å². The number of amides is 1. The Hall–Kier alpha value is -2.41. The Morgan fingerprint density at radius 2 is 2.36 bits per heavy atom. The first-order valence-electron chi connectivity index (χ1n) is 8.88. The number of carbonyl (C=O) groups excluding carboxylic acids is 1. The van der Waals surface area contributed by atoms with E-state index in [1.165, 1.54) is 0 Å². The predicted octanol–water partition coefficient (Wildman–Crippen LogP) is 1.35. The van der Waals surface area contributed by atoms with E-state index >= 15 is 0 Å². The Kier molecular flexibility index (Phi) is 4.40. The molecule has 2 aliphatic rings. The number of fused-ring (bicyclic) bond motifs is 1. The number of aryl methyl sites for hydroxylation is 2. The maximum Gasteiger partial charge on any atom is 0.274 e. The second-order valence-corrected chi connectivity index (χ2v) is 6.75. The lowest BCUT2D eigenvalue weighted by Crippen LogP contribution is -2.46. The van der Waals surface area contributed by atoms with E-state index in [1.54, 1.807) is 6.20 Å². The minimum Gasteiger partial charge on any atom is -0.384 e. The van der Waals surface area contributed by atoms with Crippen molar-refractivity contribution in [1.29, 1.82) is 0 Å². The van der Waals surface area contributed by atoms with Gasteiger partial charge in [-0.1, -0.05) is 0 Å². The summed E-state index contributed by atoms with van der Waals surface area (Å²) in [4.78, 5) is 18.7. The van der Waals surface area contributed by atoms with E-state index in [2.05, 4.69) is 15.2 Å². The third kappa shape index (κ3) is 3.37. The van der Waals surface area contributed by atoms with Gasteiger partial charge in [0.2, 0.25) is 0 Å². The van der Waals surface area contributed by atoms with Gasteiger partial charge >= 0.3 is 0 Å². The molecule has 0 aromatic carbocycles. The molecule has 1 atom stereocenters. The molecule has 3 N–H and O–H groups in total. The van der Waals surface area contributed by atoms with E-state index < -0.39 is 0 Å². The van der Waals surface area contributed by atoms with Crippen molar-refractivity contribution in [2.75, 3.05) is 25.4 Å². The summed E-state index contributed by atoms with van der Waals surface area (Å²) < 4.78 is 5.85. The number of morpholine rings is 1. The number of aromatic amines is 1. The monoisotopic (exact) mass is 341 g/mol. The molecule has 1 fully saturated rings. The second kappa shape index (κ2) is 6.84. The molecule has 0 bridgehead atoms. The molecule has 1 saturated heterocycles. The third-order valence-corrected chi connectivity index (χ3v) is 5.04. The van der Waals surface area contributed by atoms with E-state index in [4.69, 9.17) is 10.5 Å². The Balaban J connectivity index is 1.38. The van der Waals surface area contributed by atoms with Crippen LogP contribution in [0.15, 0.2) is 18.3 Å². The minimum absolute atomic E-state index is 0.0286. The lowest BCUT2D eigenvalue weighted by atomic mass is 10.1. The fourth-order valence-electron chi connectivity index (χ4n) is 3.70. The van der Waals surface area contributed by atoms with Gasteiger partial charge < -0.3 is 15.4 Å². The SMILES string of the molecule is Nc1cc(CC[C@@H]2CN(C(=O)c3n[nH]c4c3CCC4)CCO2)ccn1. The molecule has 0 radical (unpaired) electrons. The molecule has 0 saturated carbocycles. The van der Waals surface area contributed by atoms with Crippen LogP contribution in [0.5, 0.6) is 0 Å². The summed E-state index contributed by atoms with van der Waals surface area (Å²) in [6.45, 7) is 1.81. The highest BCUT2D eigenvalue weighted by atomic mass is 16.5. The summed E-state index contributed by atoms with van der Waals surface area (Å²) in [5.41, 5.74) is 9.71. The molecule has 7 heteroatoms. The van der Waals surface area contributed by atoms with E-state index in [0.29, 0.717) is 31.2 Å². The number of pyridine rings is 1. The lowest BCUT2D eigenvalue weighted by Gasteiger charge is -2.32. The highest BCUT2D eigenvalue weighted by Crippen LogP contribution is 2.24. The minimum atomic E-state index is 0.0286. The van der Waals surface area contributed by atoms with Crippen molar-refractivity contribution in [3.63, 3.8) is 0 Å². The number of nitrogens with two attached hydrogens (primary N) is 1. The zero-order chi connectivity index (χ0) is 17.2. The summed E-state index contributed by atoms with van der Waals surface area (Å²) in [6, 6.07) is 3.86. The molecule has 25 heavy (non-hydrogen) atoms. The number of hydrogen-bond acceptors (Lipinski definition) is 5. The van der Waals surface area contributed by atoms with Gasteiger partial charge in [0, 0.05) is 30.5 Å². The number of nitrogens with zero attached hydrogens (tertiary/aromatic N) is 3. The van der Waals surface area contributed by atoms with Crippen LogP contribution in [0.2, 0.25) is 0 Å². The fourth-order valence-corrected chi connectivity index (χ4v) is 3.70. The van der Waals surface area contributed by atoms with E-state index in [9.17, 15) is 4.79 Å². The summed E-state index contributed by atoms with van der Waals surface area (Å²) >= 11 is 0. The van der Waals surface area contributed by atoms with E-state index in [0.717, 1.165) is 48.9 Å². The first kappa shape index (κ1) is 16.1. The molecule has 7 nitrogen and oxygen atoms in total. The average molecular weight is 341 g/mol. The number of ether oxygens (including phenoxy) is 1. The molecule has 3 heterocycles. The normalized spacial score (nSPS) is 19.8. The van der Waals surface area contributed by atoms with E-state index in [-0.39, 0.29) is 12.0 Å². The summed E-state index contributed by atoms with van der Waals surface area (Å²) in [6.07, 6.45) is 6.52. The highest BCUT2D eigenvalue weighted by molar-refractivity contribution is 5.94. The lowest BCUT2D eigenvalue weighted by molar-refractivity contribution is -0.0248. The van der Waals surface area contributed by atoms with Gasteiger partial charge in [-0.25, -0.2) is 4.98 Å². The number of H-pyrrole nitrogens is 1. The molecule has 1 amide bonds. The number of rotatable bonds is 4. The van der Waals surface area contributed by atoms with Gasteiger partial charge in [-0.3, -0.25) is 9.89 Å². The first-order chi connectivity index (χ1) is 12.2. The maximum absolute atomic E-state index is 12.8. The predicted molar refractivity (Wildman–Crippen MR) is 93.2 cm³/mol. The van der Waals surface area contributed by atoms with Crippen molar-refractivity contribution in [3.05, 3.63) is 40.8 Å². The number of nitrogens with one attached hydrogen (secondary N) is 1. The second-order valence-electron chi connectivity index (χ2n) is 6.75. The molecule has 4 rings (SSSR count). The molecule has 132 valence electrons. The molecular weight excluding hydrogens is 318 g/mol. The molecule has 2 aromatic rings. The summed E-state index contributed by atoms with van der Waals surface area (Å²) in [5, 5.41) is 7.29. The number of nitrogen functional groups attached to an aromatic ring is 1. The summed E-state index contributed by atoms with van der Waals surface area (Å²) in [5.74, 6) is 0.562. The fraction of sp³-hybridized carbons (Fsp3) is 0.500. The van der Waals surface area contributed by atoms with Crippen molar-refractivity contribution < 1.29 is 9.53 Å². The van der Waals surface area contributed by atoms with Crippen LogP contribution in [-0.2, 0) is 24.0 Å². The Morgan fingerprint density at radius 1 is 1.44 bits per heavy atom. The van der Waals surface area contributed by atoms with E-state index in [1.807, 2.05) is 17.0 Å². The van der Waals surface area contributed by atoms with Gasteiger partial charge in [0.25, 0.3) is 5.91 Å². The molecular formula is C18H23N5O2. The topological polar surface area (TPSA) is 97.1 Å². The van der Waals surface area contributed by atoms with Crippen LogP contribution in [0.3, 0.4) is 0 Å². The molecule has 1 aliphatic carbocycles.